The Morgan fingerprint density at radius 2 is 1.82 bits per heavy atom. The van der Waals surface area contributed by atoms with Crippen molar-refractivity contribution >= 4 is 34.9 Å². The van der Waals surface area contributed by atoms with Crippen LogP contribution in [0.25, 0.3) is 0 Å². The summed E-state index contributed by atoms with van der Waals surface area (Å²) in [5, 5.41) is 16.6. The highest BCUT2D eigenvalue weighted by Crippen LogP contribution is 2.47. The van der Waals surface area contributed by atoms with E-state index in [-0.39, 0.29) is 37.9 Å². The fourth-order valence-electron chi connectivity index (χ4n) is 8.05. The summed E-state index contributed by atoms with van der Waals surface area (Å²) in [7, 11) is 0. The molecular formula is C38H56N4O8. The summed E-state index contributed by atoms with van der Waals surface area (Å²) in [4.78, 5) is 54.6. The molecule has 2 saturated heterocycles. The molecule has 1 aromatic rings. The van der Waals surface area contributed by atoms with Crippen molar-refractivity contribution in [3.8, 4) is 11.8 Å². The molecule has 0 aromatic carbocycles. The van der Waals surface area contributed by atoms with E-state index in [2.05, 4.69) is 27.0 Å². The Bertz CT molecular complexity index is 1520. The number of hydrogen-bond acceptors (Lipinski definition) is 11. The minimum absolute atomic E-state index is 0.0362. The SMILES string of the molecule is CC[C@H]1OC(=O)[C@H](C)C(=O)[C@H](C)[C@@H](C(C)(C)C)[C@@]2(C)C[C@@H](C)/C(=N\C(C)=O)[C@H](C)[C@@H](OC/C(=N\OCC#Cc3cccc(N)n3)CO2)[C@]1(C)O. The Kier molecular flexibility index (Phi) is 13.5. The number of aromatic nitrogens is 1. The van der Waals surface area contributed by atoms with Gasteiger partial charge in [-0.2, -0.15) is 0 Å². The lowest BCUT2D eigenvalue weighted by Gasteiger charge is -2.49. The molecule has 12 heteroatoms. The van der Waals surface area contributed by atoms with Crippen LogP contribution in [0.4, 0.5) is 5.82 Å². The first-order valence-electron chi connectivity index (χ1n) is 17.4. The van der Waals surface area contributed by atoms with Gasteiger partial charge >= 0.3 is 5.97 Å². The second-order valence-corrected chi connectivity index (χ2v) is 15.3. The van der Waals surface area contributed by atoms with Gasteiger partial charge in [0.05, 0.1) is 24.9 Å². The number of aliphatic imine (C=N–C) groups is 1. The third kappa shape index (κ3) is 9.77. The Morgan fingerprint density at radius 3 is 2.42 bits per heavy atom. The van der Waals surface area contributed by atoms with Gasteiger partial charge in [0, 0.05) is 30.4 Å². The largest absolute Gasteiger partial charge is 0.459 e. The topological polar surface area (TPSA) is 172 Å². The predicted molar refractivity (Wildman–Crippen MR) is 191 cm³/mol. The van der Waals surface area contributed by atoms with E-state index in [1.165, 1.54) is 13.8 Å². The van der Waals surface area contributed by atoms with Gasteiger partial charge in [0.15, 0.2) is 6.61 Å². The zero-order chi connectivity index (χ0) is 37.6. The lowest BCUT2D eigenvalue weighted by molar-refractivity contribution is -0.192. The zero-order valence-corrected chi connectivity index (χ0v) is 31.5. The monoisotopic (exact) mass is 696 g/mol. The maximum Gasteiger partial charge on any atom is 0.316 e. The van der Waals surface area contributed by atoms with Crippen molar-refractivity contribution in [2.45, 2.75) is 112 Å². The third-order valence-electron chi connectivity index (χ3n) is 9.92. The van der Waals surface area contributed by atoms with E-state index in [0.717, 1.165) is 0 Å². The van der Waals surface area contributed by atoms with Gasteiger partial charge in [-0.25, -0.2) is 9.98 Å². The number of hydrogen-bond donors (Lipinski definition) is 2. The third-order valence-corrected chi connectivity index (χ3v) is 9.92. The molecule has 3 N–H and O–H groups in total. The molecule has 0 aliphatic carbocycles. The minimum Gasteiger partial charge on any atom is -0.459 e. The number of nitrogens with zero attached hydrogens (tertiary/aromatic N) is 3. The summed E-state index contributed by atoms with van der Waals surface area (Å²) >= 11 is 0. The Balaban J connectivity index is 2.24. The number of pyridine rings is 1. The molecular weight excluding hydrogens is 640 g/mol. The van der Waals surface area contributed by atoms with Crippen molar-refractivity contribution in [3.05, 3.63) is 23.9 Å². The van der Waals surface area contributed by atoms with E-state index >= 15 is 0 Å². The van der Waals surface area contributed by atoms with E-state index in [1.807, 2.05) is 48.5 Å². The number of esters is 1. The number of ether oxygens (including phenoxy) is 3. The number of nitrogens with two attached hydrogens (primary N) is 1. The van der Waals surface area contributed by atoms with Gasteiger partial charge in [0.1, 0.15) is 40.6 Å². The Hall–Kier alpha value is -3.66. The number of cyclic esters (lactones) is 1. The number of anilines is 1. The second-order valence-electron chi connectivity index (χ2n) is 15.3. The van der Waals surface area contributed by atoms with Crippen LogP contribution in [0.15, 0.2) is 28.3 Å². The van der Waals surface area contributed by atoms with Crippen LogP contribution < -0.4 is 5.73 Å². The number of nitrogen functional groups attached to an aromatic ring is 1. The molecule has 2 aliphatic rings. The summed E-state index contributed by atoms with van der Waals surface area (Å²) < 4.78 is 19.3. The molecule has 12 nitrogen and oxygen atoms in total. The van der Waals surface area contributed by atoms with Crippen LogP contribution >= 0.6 is 0 Å². The number of amides is 1. The highest BCUT2D eigenvalue weighted by atomic mass is 16.6. The van der Waals surface area contributed by atoms with E-state index < -0.39 is 64.4 Å². The van der Waals surface area contributed by atoms with Gasteiger partial charge in [-0.1, -0.05) is 65.6 Å². The van der Waals surface area contributed by atoms with Crippen LogP contribution in [0.2, 0.25) is 0 Å². The summed E-state index contributed by atoms with van der Waals surface area (Å²) in [5.41, 5.74) is 3.85. The first-order chi connectivity index (χ1) is 23.2. The van der Waals surface area contributed by atoms with Crippen LogP contribution in [0.1, 0.15) is 94.7 Å². The van der Waals surface area contributed by atoms with Gasteiger partial charge in [-0.3, -0.25) is 14.4 Å². The van der Waals surface area contributed by atoms with Gasteiger partial charge < -0.3 is 29.9 Å². The predicted octanol–water partition coefficient (Wildman–Crippen LogP) is 4.80. The molecule has 50 heavy (non-hydrogen) atoms. The second kappa shape index (κ2) is 16.6. The number of carbonyl (C=O) groups is 3. The Morgan fingerprint density at radius 1 is 1.14 bits per heavy atom. The van der Waals surface area contributed by atoms with Crippen molar-refractivity contribution in [2.75, 3.05) is 25.6 Å². The molecule has 3 rings (SSSR count). The summed E-state index contributed by atoms with van der Waals surface area (Å²) in [6.07, 6.45) is -1.49. The first-order valence-corrected chi connectivity index (χ1v) is 17.4. The van der Waals surface area contributed by atoms with Crippen LogP contribution in [0, 0.1) is 46.8 Å². The smallest absolute Gasteiger partial charge is 0.316 e. The molecule has 1 aromatic heterocycles. The summed E-state index contributed by atoms with van der Waals surface area (Å²) in [6, 6.07) is 5.16. The minimum atomic E-state index is -1.78. The molecule has 0 saturated carbocycles. The summed E-state index contributed by atoms with van der Waals surface area (Å²) in [6.45, 7) is 19.7. The molecule has 0 unspecified atom stereocenters. The molecule has 2 aliphatic heterocycles. The molecule has 276 valence electrons. The fraction of sp³-hybridized carbons (Fsp3) is 0.684. The van der Waals surface area contributed by atoms with Crippen molar-refractivity contribution in [1.82, 2.24) is 4.98 Å². The molecule has 1 amide bonds. The van der Waals surface area contributed by atoms with Crippen molar-refractivity contribution < 1.29 is 38.5 Å². The van der Waals surface area contributed by atoms with E-state index in [4.69, 9.17) is 24.8 Å². The lowest BCUT2D eigenvalue weighted by atomic mass is 9.61. The van der Waals surface area contributed by atoms with E-state index in [9.17, 15) is 19.5 Å². The van der Waals surface area contributed by atoms with Crippen LogP contribution in [0.3, 0.4) is 0 Å². The molecule has 0 radical (unpaired) electrons. The molecule has 2 bridgehead atoms. The number of rotatable bonds is 3. The number of Topliss-reactive ketones (excluding diaryl/α,β-unsaturated/α-hetero) is 1. The lowest BCUT2D eigenvalue weighted by Crippen LogP contribution is -2.58. The molecule has 2 fully saturated rings. The molecule has 0 spiro atoms. The van der Waals surface area contributed by atoms with Crippen LogP contribution in [-0.4, -0.2) is 82.4 Å². The fourth-order valence-corrected chi connectivity index (χ4v) is 8.05. The van der Waals surface area contributed by atoms with Crippen molar-refractivity contribution in [1.29, 1.82) is 0 Å². The van der Waals surface area contributed by atoms with Crippen LogP contribution in [-0.2, 0) is 33.4 Å². The van der Waals surface area contributed by atoms with Gasteiger partial charge in [-0.15, -0.1) is 0 Å². The molecule has 9 atom stereocenters. The number of oxime groups is 1. The van der Waals surface area contributed by atoms with Gasteiger partial charge in [-0.05, 0) is 63.0 Å². The standard InChI is InChI=1S/C38H56N4O8/c1-12-29-38(11,46)34-23(3)31(40-26(6)43)22(2)19-37(10,33(36(7,8)9)24(4)32(44)25(5)35(45)50-29)48-21-28(20-47-34)42-49-18-14-16-27-15-13-17-30(39)41-27/h13,15,17,22-25,29,33-34,46H,12,18-21H2,1-11H3,(H2,39,41)/b40-31+,42-28+/t22-,23+,24+,25-,29-,33+,34-,37-,38-/m1/s1. The maximum atomic E-state index is 14.1. The average molecular weight is 697 g/mol. The number of aliphatic hydroxyl groups is 1. The van der Waals surface area contributed by atoms with Crippen molar-refractivity contribution in [3.63, 3.8) is 0 Å². The van der Waals surface area contributed by atoms with E-state index in [1.54, 1.807) is 32.0 Å². The summed E-state index contributed by atoms with van der Waals surface area (Å²) in [5.74, 6) is 1.59. The van der Waals surface area contributed by atoms with Crippen molar-refractivity contribution in [2.24, 2.45) is 45.2 Å². The number of ketones is 1. The van der Waals surface area contributed by atoms with Crippen LogP contribution in [0.5, 0.6) is 0 Å². The first kappa shape index (κ1) is 40.8. The maximum absolute atomic E-state index is 14.1. The zero-order valence-electron chi connectivity index (χ0n) is 31.5. The Labute approximate surface area is 296 Å². The van der Waals surface area contributed by atoms with E-state index in [0.29, 0.717) is 29.4 Å². The normalized spacial score (nSPS) is 34.8. The number of carbonyl (C=O) groups excluding carboxylic acids is 3. The highest BCUT2D eigenvalue weighted by molar-refractivity contribution is 6.00. The highest BCUT2D eigenvalue weighted by Gasteiger charge is 2.53. The van der Waals surface area contributed by atoms with Gasteiger partial charge in [0.2, 0.25) is 5.91 Å². The quantitative estimate of drug-likeness (QED) is 0.147. The average Bonchev–Trinajstić information content (AvgIpc) is 3.03. The molecule has 3 heterocycles. The van der Waals surface area contributed by atoms with Gasteiger partial charge in [0.25, 0.3) is 0 Å². The number of fused-ring (bicyclic) bond motifs is 5.